The van der Waals surface area contributed by atoms with Crippen molar-refractivity contribution in [3.63, 3.8) is 0 Å². The summed E-state index contributed by atoms with van der Waals surface area (Å²) in [5.74, 6) is 0.137. The van der Waals surface area contributed by atoms with Crippen molar-refractivity contribution >= 4 is 16.6 Å². The number of phenolic OH excluding ortho intramolecular Hbond substituents is 1. The number of nitrogens with two attached hydrogens (primary N) is 1. The van der Waals surface area contributed by atoms with Gasteiger partial charge in [0.2, 0.25) is 0 Å². The van der Waals surface area contributed by atoms with Crippen LogP contribution in [0.15, 0.2) is 42.6 Å². The first-order chi connectivity index (χ1) is 11.6. The molecule has 0 unspecified atom stereocenters. The Morgan fingerprint density at radius 1 is 1.04 bits per heavy atom. The molecule has 0 fully saturated rings. The van der Waals surface area contributed by atoms with E-state index in [9.17, 15) is 9.50 Å². The van der Waals surface area contributed by atoms with E-state index in [0.29, 0.717) is 22.3 Å². The van der Waals surface area contributed by atoms with Gasteiger partial charge < -0.3 is 20.3 Å². The number of aromatic hydroxyl groups is 1. The van der Waals surface area contributed by atoms with Gasteiger partial charge in [0.05, 0.1) is 12.6 Å². The van der Waals surface area contributed by atoms with Gasteiger partial charge in [-0.25, -0.2) is 4.39 Å². The molecule has 0 saturated heterocycles. The Morgan fingerprint density at radius 3 is 2.46 bits per heavy atom. The van der Waals surface area contributed by atoms with E-state index in [0.717, 1.165) is 0 Å². The summed E-state index contributed by atoms with van der Waals surface area (Å²) in [7, 11) is 1.44. The number of hydrogen-bond acceptors (Lipinski definition) is 5. The van der Waals surface area contributed by atoms with Crippen LogP contribution in [0.5, 0.6) is 23.0 Å². The molecule has 0 radical (unpaired) electrons. The summed E-state index contributed by atoms with van der Waals surface area (Å²) in [6.07, 6.45) is 1.51. The Morgan fingerprint density at radius 2 is 1.79 bits per heavy atom. The number of fused-ring (bicyclic) bond motifs is 1. The molecule has 6 heteroatoms. The van der Waals surface area contributed by atoms with E-state index in [1.807, 2.05) is 13.8 Å². The largest absolute Gasteiger partial charge is 0.504 e. The van der Waals surface area contributed by atoms with Crippen LogP contribution in [0.25, 0.3) is 10.9 Å². The summed E-state index contributed by atoms with van der Waals surface area (Å²) in [5.41, 5.74) is 6.34. The van der Waals surface area contributed by atoms with E-state index in [2.05, 4.69) is 4.98 Å². The number of nitrogen functional groups attached to an aromatic ring is 1. The third-order valence-corrected chi connectivity index (χ3v) is 3.18. The number of halogens is 1. The number of nitrogens with zero attached hydrogens (tertiary/aromatic N) is 1. The molecule has 3 aromatic rings. The topological polar surface area (TPSA) is 77.6 Å². The number of ether oxygens (including phenoxy) is 2. The maximum atomic E-state index is 13.9. The Kier molecular flexibility index (Phi) is 5.42. The van der Waals surface area contributed by atoms with Crippen LogP contribution in [-0.2, 0) is 0 Å². The fourth-order valence-corrected chi connectivity index (χ4v) is 2.11. The van der Waals surface area contributed by atoms with Gasteiger partial charge in [-0.2, -0.15) is 0 Å². The van der Waals surface area contributed by atoms with E-state index in [-0.39, 0.29) is 17.2 Å². The van der Waals surface area contributed by atoms with Gasteiger partial charge in [0.1, 0.15) is 5.75 Å². The predicted octanol–water partition coefficient (Wildman–Crippen LogP) is 4.49. The molecule has 0 saturated carbocycles. The summed E-state index contributed by atoms with van der Waals surface area (Å²) in [6.45, 7) is 4.00. The third kappa shape index (κ3) is 3.48. The summed E-state index contributed by atoms with van der Waals surface area (Å²) in [4.78, 5) is 4.15. The molecule has 24 heavy (non-hydrogen) atoms. The first kappa shape index (κ1) is 17.3. The van der Waals surface area contributed by atoms with Crippen LogP contribution >= 0.6 is 0 Å². The quantitative estimate of drug-likeness (QED) is 0.692. The Labute approximate surface area is 139 Å². The van der Waals surface area contributed by atoms with Crippen LogP contribution in [0.1, 0.15) is 13.8 Å². The van der Waals surface area contributed by atoms with Crippen LogP contribution < -0.4 is 15.2 Å². The van der Waals surface area contributed by atoms with Gasteiger partial charge in [0, 0.05) is 29.4 Å². The zero-order chi connectivity index (χ0) is 17.7. The first-order valence-electron chi connectivity index (χ1n) is 7.47. The van der Waals surface area contributed by atoms with Crippen molar-refractivity contribution in [2.24, 2.45) is 0 Å². The molecule has 2 aromatic carbocycles. The van der Waals surface area contributed by atoms with Crippen LogP contribution in [0.2, 0.25) is 0 Å². The molecule has 0 amide bonds. The lowest BCUT2D eigenvalue weighted by molar-refractivity contribution is 0.374. The third-order valence-electron chi connectivity index (χ3n) is 3.18. The highest BCUT2D eigenvalue weighted by atomic mass is 19.1. The van der Waals surface area contributed by atoms with Crippen molar-refractivity contribution < 1.29 is 19.0 Å². The second-order valence-electron chi connectivity index (χ2n) is 4.64. The molecule has 1 heterocycles. The molecule has 0 aliphatic carbocycles. The number of anilines is 1. The minimum Gasteiger partial charge on any atom is -0.504 e. The van der Waals surface area contributed by atoms with Crippen molar-refractivity contribution in [3.05, 3.63) is 48.4 Å². The Hall–Kier alpha value is -3.02. The molecule has 3 N–H and O–H groups in total. The molecular formula is C18H19FN2O3. The number of benzene rings is 2. The van der Waals surface area contributed by atoms with Gasteiger partial charge in [-0.05, 0) is 24.3 Å². The van der Waals surface area contributed by atoms with Gasteiger partial charge in [-0.3, -0.25) is 4.98 Å². The second-order valence-corrected chi connectivity index (χ2v) is 4.64. The first-order valence-corrected chi connectivity index (χ1v) is 7.47. The number of pyridine rings is 1. The molecule has 0 aliphatic heterocycles. The van der Waals surface area contributed by atoms with Crippen LogP contribution in [0.4, 0.5) is 10.1 Å². The highest BCUT2D eigenvalue weighted by Crippen LogP contribution is 2.36. The maximum Gasteiger partial charge on any atom is 0.167 e. The summed E-state index contributed by atoms with van der Waals surface area (Å²) in [6, 6.07) is 8.84. The fraction of sp³-hybridized carbons (Fsp3) is 0.167. The van der Waals surface area contributed by atoms with Crippen molar-refractivity contribution in [2.45, 2.75) is 13.8 Å². The minimum absolute atomic E-state index is 0.0293. The minimum atomic E-state index is -0.560. The number of phenols is 1. The van der Waals surface area contributed by atoms with Gasteiger partial charge in [0.15, 0.2) is 23.1 Å². The van der Waals surface area contributed by atoms with E-state index >= 15 is 0 Å². The Balaban J connectivity index is 0.00000100. The van der Waals surface area contributed by atoms with Crippen molar-refractivity contribution in [1.29, 1.82) is 0 Å². The fourth-order valence-electron chi connectivity index (χ4n) is 2.11. The number of rotatable bonds is 3. The number of aromatic nitrogens is 1. The average molecular weight is 330 g/mol. The lowest BCUT2D eigenvalue weighted by Crippen LogP contribution is -1.93. The van der Waals surface area contributed by atoms with Crippen LogP contribution in [-0.4, -0.2) is 17.2 Å². The standard InChI is InChI=1S/C16H13FN2O3.C2H6/c1-21-16-7-10-12(8-13(16)20)19-5-4-14(10)22-15-3-2-9(18)6-11(15)17;1-2/h2-8,20H,18H2,1H3;1-2H3. The normalized spacial score (nSPS) is 10.0. The lowest BCUT2D eigenvalue weighted by atomic mass is 10.2. The number of hydrogen-bond donors (Lipinski definition) is 2. The predicted molar refractivity (Wildman–Crippen MR) is 92.2 cm³/mol. The van der Waals surface area contributed by atoms with Gasteiger partial charge >= 0.3 is 0 Å². The highest BCUT2D eigenvalue weighted by Gasteiger charge is 2.12. The van der Waals surface area contributed by atoms with E-state index < -0.39 is 5.82 Å². The van der Waals surface area contributed by atoms with E-state index in [1.165, 1.54) is 31.5 Å². The molecule has 0 aliphatic rings. The lowest BCUT2D eigenvalue weighted by Gasteiger charge is -2.11. The zero-order valence-electron chi connectivity index (χ0n) is 13.7. The summed E-state index contributed by atoms with van der Waals surface area (Å²) in [5, 5.41) is 10.4. The van der Waals surface area contributed by atoms with E-state index in [4.69, 9.17) is 15.2 Å². The molecule has 3 rings (SSSR count). The zero-order valence-corrected chi connectivity index (χ0v) is 13.7. The summed E-state index contributed by atoms with van der Waals surface area (Å²) < 4.78 is 24.5. The smallest absolute Gasteiger partial charge is 0.167 e. The number of methoxy groups -OCH3 is 1. The summed E-state index contributed by atoms with van der Waals surface area (Å²) >= 11 is 0. The van der Waals surface area contributed by atoms with Gasteiger partial charge in [-0.1, -0.05) is 13.8 Å². The van der Waals surface area contributed by atoms with E-state index in [1.54, 1.807) is 18.2 Å². The van der Waals surface area contributed by atoms with Crippen molar-refractivity contribution in [1.82, 2.24) is 4.98 Å². The molecule has 0 spiro atoms. The van der Waals surface area contributed by atoms with Gasteiger partial charge in [0.25, 0.3) is 0 Å². The molecule has 5 nitrogen and oxygen atoms in total. The molecule has 1 aromatic heterocycles. The van der Waals surface area contributed by atoms with Gasteiger partial charge in [-0.15, -0.1) is 0 Å². The van der Waals surface area contributed by atoms with Crippen molar-refractivity contribution in [2.75, 3.05) is 12.8 Å². The Bertz CT molecular complexity index is 853. The second kappa shape index (κ2) is 7.50. The highest BCUT2D eigenvalue weighted by molar-refractivity contribution is 5.88. The maximum absolute atomic E-state index is 13.9. The molecule has 0 atom stereocenters. The van der Waals surface area contributed by atoms with Crippen LogP contribution in [0, 0.1) is 5.82 Å². The SMILES string of the molecule is CC.COc1cc2c(Oc3ccc(N)cc3F)ccnc2cc1O. The average Bonchev–Trinajstić information content (AvgIpc) is 2.58. The molecule has 0 bridgehead atoms. The van der Waals surface area contributed by atoms with Crippen LogP contribution in [0.3, 0.4) is 0 Å². The molecule has 126 valence electrons. The molecular weight excluding hydrogens is 311 g/mol. The van der Waals surface area contributed by atoms with Crippen molar-refractivity contribution in [3.8, 4) is 23.0 Å². The monoisotopic (exact) mass is 330 g/mol.